The lowest BCUT2D eigenvalue weighted by molar-refractivity contribution is -0.376. The molecule has 2 aliphatic heterocycles. The quantitative estimate of drug-likeness (QED) is 0.212. The molecule has 158 valence electrons. The lowest BCUT2D eigenvalue weighted by Gasteiger charge is -2.44. The first kappa shape index (κ1) is 22.4. The molecule has 7 N–H and O–H groups in total. The summed E-state index contributed by atoms with van der Waals surface area (Å²) in [5, 5.41) is 68.6. The number of carbonyl (C=O) groups excluding carboxylic acids is 1. The van der Waals surface area contributed by atoms with Crippen LogP contribution in [-0.4, -0.2) is 116 Å². The summed E-state index contributed by atoms with van der Waals surface area (Å²) in [7, 11) is 0. The molecule has 2 aliphatic rings. The molecule has 0 unspecified atom stereocenters. The van der Waals surface area contributed by atoms with E-state index in [1.54, 1.807) is 6.92 Å². The Balaban J connectivity index is 2.05. The van der Waals surface area contributed by atoms with Gasteiger partial charge in [0.25, 0.3) is 0 Å². The van der Waals surface area contributed by atoms with Crippen LogP contribution < -0.4 is 0 Å². The Morgan fingerprint density at radius 2 is 1.30 bits per heavy atom. The second-order valence-electron chi connectivity index (χ2n) is 6.38. The molecule has 0 saturated carbocycles. The Morgan fingerprint density at radius 3 is 1.78 bits per heavy atom. The lowest BCUT2D eigenvalue weighted by Crippen LogP contribution is -2.63. The molecule has 12 heteroatoms. The molecule has 0 spiro atoms. The third-order valence-electron chi connectivity index (χ3n) is 4.48. The van der Waals surface area contributed by atoms with E-state index in [0.717, 1.165) is 0 Å². The second-order valence-corrected chi connectivity index (χ2v) is 6.38. The summed E-state index contributed by atoms with van der Waals surface area (Å²) in [5.41, 5.74) is 0. The van der Waals surface area contributed by atoms with E-state index in [2.05, 4.69) is 0 Å². The number of ether oxygens (including phenoxy) is 4. The summed E-state index contributed by atoms with van der Waals surface area (Å²) < 4.78 is 20.5. The van der Waals surface area contributed by atoms with Crippen molar-refractivity contribution in [3.05, 3.63) is 0 Å². The van der Waals surface area contributed by atoms with Crippen LogP contribution in [0.1, 0.15) is 13.3 Å². The third kappa shape index (κ3) is 4.92. The van der Waals surface area contributed by atoms with E-state index in [-0.39, 0.29) is 6.42 Å². The number of hydrogen-bond donors (Lipinski definition) is 7. The molecule has 27 heavy (non-hydrogen) atoms. The molecule has 0 amide bonds. The monoisotopic (exact) mass is 398 g/mol. The molecule has 10 atom stereocenters. The van der Waals surface area contributed by atoms with Crippen molar-refractivity contribution in [3.63, 3.8) is 0 Å². The van der Waals surface area contributed by atoms with Crippen molar-refractivity contribution in [1.82, 2.24) is 0 Å². The predicted molar refractivity (Wildman–Crippen MR) is 82.8 cm³/mol. The Bertz CT molecular complexity index is 487. The van der Waals surface area contributed by atoms with Crippen LogP contribution in [0.15, 0.2) is 0 Å². The summed E-state index contributed by atoms with van der Waals surface area (Å²) in [6.45, 7) is 0.450. The minimum Gasteiger partial charge on any atom is -0.463 e. The van der Waals surface area contributed by atoms with Gasteiger partial charge in [-0.3, -0.25) is 4.79 Å². The third-order valence-corrected chi connectivity index (χ3v) is 4.48. The van der Waals surface area contributed by atoms with Gasteiger partial charge in [-0.25, -0.2) is 0 Å². The molecule has 2 rings (SSSR count). The van der Waals surface area contributed by atoms with E-state index in [9.17, 15) is 35.4 Å². The van der Waals surface area contributed by atoms with Crippen LogP contribution in [0.3, 0.4) is 0 Å². The van der Waals surface area contributed by atoms with Gasteiger partial charge in [0.15, 0.2) is 12.6 Å². The molecule has 0 aromatic rings. The molecule has 0 aromatic carbocycles. The average Bonchev–Trinajstić information content (AvgIpc) is 2.67. The van der Waals surface area contributed by atoms with Crippen molar-refractivity contribution >= 4 is 5.97 Å². The Labute approximate surface area is 154 Å². The van der Waals surface area contributed by atoms with Gasteiger partial charge in [-0.1, -0.05) is 6.92 Å². The maximum absolute atomic E-state index is 11.3. The highest BCUT2D eigenvalue weighted by atomic mass is 16.8. The first-order valence-corrected chi connectivity index (χ1v) is 8.52. The molecular formula is C15H26O12. The van der Waals surface area contributed by atoms with E-state index in [1.165, 1.54) is 0 Å². The van der Waals surface area contributed by atoms with Crippen molar-refractivity contribution in [1.29, 1.82) is 0 Å². The molecule has 0 bridgehead atoms. The summed E-state index contributed by atoms with van der Waals surface area (Å²) in [6.07, 6.45) is -15.8. The number of hydrogen-bond acceptors (Lipinski definition) is 12. The van der Waals surface area contributed by atoms with Crippen LogP contribution in [0.5, 0.6) is 0 Å². The summed E-state index contributed by atoms with van der Waals surface area (Å²) >= 11 is 0. The molecule has 2 fully saturated rings. The zero-order chi connectivity index (χ0) is 20.3. The van der Waals surface area contributed by atoms with Gasteiger partial charge in [0, 0.05) is 6.42 Å². The van der Waals surface area contributed by atoms with Crippen molar-refractivity contribution in [2.45, 2.75) is 74.8 Å². The van der Waals surface area contributed by atoms with E-state index in [0.29, 0.717) is 0 Å². The van der Waals surface area contributed by atoms with Gasteiger partial charge < -0.3 is 54.7 Å². The number of aliphatic hydroxyl groups is 7. The van der Waals surface area contributed by atoms with Crippen LogP contribution in [0.2, 0.25) is 0 Å². The topological polar surface area (TPSA) is 196 Å². The number of esters is 1. The minimum atomic E-state index is -1.76. The standard InChI is InChI=1S/C15H26O12/c1-2-7(17)24-4-6-9(19)11(21)13(23)15(26-6)27-14-12(22)10(20)8(18)5(3-16)25-14/h5-6,8-16,18-23H,2-4H2,1H3/t5-,6-,8-,9-,10+,11+,12-,13-,14-,15-/m1/s1. The van der Waals surface area contributed by atoms with Crippen LogP contribution in [0.4, 0.5) is 0 Å². The van der Waals surface area contributed by atoms with Crippen molar-refractivity contribution in [2.24, 2.45) is 0 Å². The molecular weight excluding hydrogens is 372 g/mol. The minimum absolute atomic E-state index is 0.0821. The van der Waals surface area contributed by atoms with Gasteiger partial charge in [-0.05, 0) is 0 Å². The average molecular weight is 398 g/mol. The van der Waals surface area contributed by atoms with Crippen LogP contribution >= 0.6 is 0 Å². The van der Waals surface area contributed by atoms with Crippen molar-refractivity contribution in [2.75, 3.05) is 13.2 Å². The number of aliphatic hydroxyl groups excluding tert-OH is 7. The highest BCUT2D eigenvalue weighted by molar-refractivity contribution is 5.68. The highest BCUT2D eigenvalue weighted by Crippen LogP contribution is 2.28. The normalized spacial score (nSPS) is 45.5. The summed E-state index contributed by atoms with van der Waals surface area (Å²) in [4.78, 5) is 11.3. The zero-order valence-electron chi connectivity index (χ0n) is 14.6. The van der Waals surface area contributed by atoms with Gasteiger partial charge in [0.05, 0.1) is 6.61 Å². The van der Waals surface area contributed by atoms with Gasteiger partial charge in [0.2, 0.25) is 0 Å². The molecule has 0 aromatic heterocycles. The highest BCUT2D eigenvalue weighted by Gasteiger charge is 2.49. The fraction of sp³-hybridized carbons (Fsp3) is 0.933. The maximum Gasteiger partial charge on any atom is 0.305 e. The SMILES string of the molecule is CCC(=O)OC[C@H]1O[C@H](O[C@H]2O[C@H](CO)[C@@H](O)[C@H](O)[C@H]2O)[C@H](O)[C@@H](O)[C@@H]1O. The maximum atomic E-state index is 11.3. The molecule has 0 aliphatic carbocycles. The first-order valence-electron chi connectivity index (χ1n) is 8.52. The van der Waals surface area contributed by atoms with Crippen LogP contribution in [0.25, 0.3) is 0 Å². The van der Waals surface area contributed by atoms with Gasteiger partial charge in [-0.2, -0.15) is 0 Å². The fourth-order valence-electron chi connectivity index (χ4n) is 2.76. The molecule has 0 radical (unpaired) electrons. The molecule has 2 saturated heterocycles. The van der Waals surface area contributed by atoms with Gasteiger partial charge in [-0.15, -0.1) is 0 Å². The summed E-state index contributed by atoms with van der Waals surface area (Å²) in [6, 6.07) is 0. The zero-order valence-corrected chi connectivity index (χ0v) is 14.6. The Hall–Kier alpha value is -0.930. The second kappa shape index (κ2) is 9.52. The van der Waals surface area contributed by atoms with E-state index in [1.807, 2.05) is 0 Å². The van der Waals surface area contributed by atoms with Gasteiger partial charge in [0.1, 0.15) is 55.4 Å². The Morgan fingerprint density at radius 1 is 0.815 bits per heavy atom. The van der Waals surface area contributed by atoms with E-state index in [4.69, 9.17) is 24.1 Å². The fourth-order valence-corrected chi connectivity index (χ4v) is 2.76. The van der Waals surface area contributed by atoms with E-state index >= 15 is 0 Å². The first-order chi connectivity index (χ1) is 12.7. The lowest BCUT2D eigenvalue weighted by atomic mass is 9.98. The molecule has 12 nitrogen and oxygen atoms in total. The summed E-state index contributed by atoms with van der Waals surface area (Å²) in [5.74, 6) is -0.571. The van der Waals surface area contributed by atoms with Crippen LogP contribution in [-0.2, 0) is 23.7 Å². The van der Waals surface area contributed by atoms with Gasteiger partial charge >= 0.3 is 5.97 Å². The van der Waals surface area contributed by atoms with Crippen molar-refractivity contribution in [3.8, 4) is 0 Å². The Kier molecular flexibility index (Phi) is 7.88. The number of carbonyl (C=O) groups is 1. The van der Waals surface area contributed by atoms with E-state index < -0.39 is 80.6 Å². The molecule has 2 heterocycles. The predicted octanol–water partition coefficient (Wildman–Crippen LogP) is -4.44. The van der Waals surface area contributed by atoms with Crippen molar-refractivity contribution < 1.29 is 59.5 Å². The van der Waals surface area contributed by atoms with Crippen LogP contribution in [0, 0.1) is 0 Å². The number of rotatable bonds is 6. The smallest absolute Gasteiger partial charge is 0.305 e. The largest absolute Gasteiger partial charge is 0.463 e.